The van der Waals surface area contributed by atoms with E-state index in [4.69, 9.17) is 9.47 Å². The predicted octanol–water partition coefficient (Wildman–Crippen LogP) is 8.87. The van der Waals surface area contributed by atoms with Gasteiger partial charge in [0.2, 0.25) is 5.79 Å². The van der Waals surface area contributed by atoms with E-state index in [1.54, 1.807) is 30.4 Å². The summed E-state index contributed by atoms with van der Waals surface area (Å²) in [6.45, 7) is -0.487. The van der Waals surface area contributed by atoms with Crippen LogP contribution in [-0.2, 0) is 22.6 Å². The van der Waals surface area contributed by atoms with Gasteiger partial charge in [0.25, 0.3) is 0 Å². The monoisotopic (exact) mass is 1180 g/mol. The van der Waals surface area contributed by atoms with Crippen molar-refractivity contribution in [3.8, 4) is 5.75 Å². The van der Waals surface area contributed by atoms with Gasteiger partial charge in [-0.2, -0.15) is 0 Å². The Morgan fingerprint density at radius 3 is 2.46 bits per heavy atom. The standard InChI is InChI=1S/C68H82N2O12S2/c71-20-5-11-52-67-49(23-40(24-51(67)75)22-38-7-3-8-39(21-38)31-72)55(76)44-9-4-10-50(54(44)57(67)77)81-66-17-12-47-45-26-41-25-42-29-61(33-60(28-43(61)32-73)18-19-63(34-60)16-6-15-62(63)13-1-2-14-62)35-64(42,48-27-53(69-30-46(41)48)70-37-83-84-52)56(45)68(80,59(66)79)58(78)65(47,36-74)82-66/h3-4,7-10,21,23-24,27,32,41-43,45,47,49,52,56,58-59,69-72,74-75,78-80H,1-2,5-6,11-20,22,25-26,28-31,33-37H2. The molecule has 84 heavy (non-hydrogen) atoms. The van der Waals surface area contributed by atoms with Crippen molar-refractivity contribution in [2.75, 3.05) is 25.6 Å². The molecule has 14 nitrogen and oxygen atoms in total. The lowest BCUT2D eigenvalue weighted by molar-refractivity contribution is -0.461. The number of aliphatic hydroxyl groups excluding tert-OH is 6. The van der Waals surface area contributed by atoms with Gasteiger partial charge in [-0.25, -0.2) is 0 Å². The van der Waals surface area contributed by atoms with E-state index >= 15 is 9.59 Å². The lowest BCUT2D eigenvalue weighted by atomic mass is 9.42. The molecule has 18 unspecified atom stereocenters. The summed E-state index contributed by atoms with van der Waals surface area (Å²) in [7, 11) is 2.87. The summed E-state index contributed by atoms with van der Waals surface area (Å²) in [4.78, 5) is 46.3. The quantitative estimate of drug-likeness (QED) is 0.0887. The van der Waals surface area contributed by atoms with Gasteiger partial charge in [-0.1, -0.05) is 83.3 Å². The summed E-state index contributed by atoms with van der Waals surface area (Å²) < 4.78 is 14.4. The number of Topliss-reactive ketones (excluding diaryl/α,β-unsaturated/α-hetero) is 2. The topological polar surface area (TPSA) is 235 Å². The molecule has 17 rings (SSSR count). The zero-order chi connectivity index (χ0) is 57.6. The van der Waals surface area contributed by atoms with Gasteiger partial charge in [-0.15, -0.1) is 0 Å². The Bertz CT molecular complexity index is 3280. The molecule has 0 amide bonds. The molecule has 7 spiro atoms. The van der Waals surface area contributed by atoms with Crippen molar-refractivity contribution >= 4 is 39.4 Å². The molecule has 0 aromatic heterocycles. The van der Waals surface area contributed by atoms with E-state index in [0.717, 1.165) is 49.1 Å². The van der Waals surface area contributed by atoms with Crippen molar-refractivity contribution in [2.24, 2.45) is 73.9 Å². The average Bonchev–Trinajstić information content (AvgIpc) is 1.33. The zero-order valence-electron chi connectivity index (χ0n) is 48.0. The number of rotatable bonds is 8. The second kappa shape index (κ2) is 19.0. The number of nitrogens with one attached hydrogen (secondary N) is 2. The van der Waals surface area contributed by atoms with E-state index in [1.165, 1.54) is 91.2 Å². The van der Waals surface area contributed by atoms with E-state index in [0.29, 0.717) is 60.1 Å². The number of aliphatic hydroxyl groups is 7. The Morgan fingerprint density at radius 1 is 0.845 bits per heavy atom. The number of ketones is 2. The molecule has 4 heterocycles. The highest BCUT2D eigenvalue weighted by Gasteiger charge is 2.85. The summed E-state index contributed by atoms with van der Waals surface area (Å²) in [6.07, 6.45) is 22.0. The summed E-state index contributed by atoms with van der Waals surface area (Å²) in [6, 6.07) is 12.2. The van der Waals surface area contributed by atoms with Gasteiger partial charge >= 0.3 is 0 Å². The highest BCUT2D eigenvalue weighted by Crippen LogP contribution is 2.82. The van der Waals surface area contributed by atoms with Crippen LogP contribution in [0.4, 0.5) is 0 Å². The first-order valence-corrected chi connectivity index (χ1v) is 34.3. The number of ether oxygens (including phenoxy) is 2. The molecule has 4 aliphatic heterocycles. The fourth-order valence-corrected chi connectivity index (χ4v) is 26.7. The van der Waals surface area contributed by atoms with Gasteiger partial charge in [-0.3, -0.25) is 9.59 Å². The van der Waals surface area contributed by atoms with Gasteiger partial charge in [0.15, 0.2) is 17.7 Å². The van der Waals surface area contributed by atoms with Crippen LogP contribution in [0, 0.1) is 73.9 Å². The molecular weight excluding hydrogens is 1100 g/mol. The van der Waals surface area contributed by atoms with Crippen LogP contribution in [0.2, 0.25) is 0 Å². The number of hydrogen-bond acceptors (Lipinski definition) is 16. The maximum absolute atomic E-state index is 16.4. The highest BCUT2D eigenvalue weighted by molar-refractivity contribution is 8.76. The van der Waals surface area contributed by atoms with Gasteiger partial charge in [0, 0.05) is 47.6 Å². The normalized spacial score (nSPS) is 46.0. The number of allylic oxidation sites excluding steroid dienone is 6. The minimum atomic E-state index is -2.35. The first-order valence-electron chi connectivity index (χ1n) is 32.0. The fourth-order valence-electron chi connectivity index (χ4n) is 23.8. The number of carbonyl (C=O) groups excluding carboxylic acids is 3. The molecule has 2 aromatic rings. The van der Waals surface area contributed by atoms with Crippen LogP contribution in [-0.4, -0.2) is 114 Å². The second-order valence-electron chi connectivity index (χ2n) is 29.6. The second-order valence-corrected chi connectivity index (χ2v) is 32.1. The first kappa shape index (κ1) is 55.3. The molecule has 7 saturated carbocycles. The SMILES string of the molecule is O=CC1CC2(CCC3(CCCC34CCCC4)C2)CC12CC1CC3CC4C5CCC67Oc8cccc9c8C(=O)C8(C(O)=CC(Cc%10cccc(CO)c%10)=CC8C9=O)C(CCCO)SSCNC8=CC(=C3CN8)C1(C2)C4C(O)(C6O)C(O)C5(CO)O7. The molecule has 9 fully saturated rings. The fraction of sp³-hybridized carbons (Fsp3) is 0.662. The molecule has 2 saturated heterocycles. The molecule has 448 valence electrons. The minimum absolute atomic E-state index is 0.00368. The lowest BCUT2D eigenvalue weighted by Crippen LogP contribution is -2.88. The molecular formula is C68H82N2O12S2. The van der Waals surface area contributed by atoms with Gasteiger partial charge in [0.1, 0.15) is 40.5 Å². The summed E-state index contributed by atoms with van der Waals surface area (Å²) >= 11 is 0. The summed E-state index contributed by atoms with van der Waals surface area (Å²) in [5, 5.41) is 94.0. The predicted molar refractivity (Wildman–Crippen MR) is 316 cm³/mol. The molecule has 10 bridgehead atoms. The number of dihydropyridines is 1. The number of carbonyl (C=O) groups is 3. The van der Waals surface area contributed by atoms with Crippen LogP contribution in [0.1, 0.15) is 160 Å². The number of aldehydes is 1. The summed E-state index contributed by atoms with van der Waals surface area (Å²) in [5.74, 6) is -5.21. The van der Waals surface area contributed by atoms with Crippen molar-refractivity contribution in [1.29, 1.82) is 0 Å². The molecule has 11 aliphatic carbocycles. The molecule has 0 radical (unpaired) electrons. The Hall–Kier alpha value is -3.97. The van der Waals surface area contributed by atoms with E-state index in [1.807, 2.05) is 24.3 Å². The van der Waals surface area contributed by atoms with Crippen LogP contribution in [0.15, 0.2) is 89.0 Å². The smallest absolute Gasteiger partial charge is 0.240 e. The Balaban J connectivity index is 0.854. The van der Waals surface area contributed by atoms with E-state index in [2.05, 4.69) is 16.7 Å². The third-order valence-electron chi connectivity index (χ3n) is 26.5. The maximum Gasteiger partial charge on any atom is 0.240 e. The lowest BCUT2D eigenvalue weighted by Gasteiger charge is -2.72. The molecule has 15 aliphatic rings. The largest absolute Gasteiger partial charge is 0.511 e. The number of benzene rings is 2. The average molecular weight is 1180 g/mol. The van der Waals surface area contributed by atoms with E-state index < -0.39 is 81.2 Å². The van der Waals surface area contributed by atoms with Crippen LogP contribution >= 0.6 is 21.6 Å². The van der Waals surface area contributed by atoms with E-state index in [9.17, 15) is 40.5 Å². The maximum atomic E-state index is 16.4. The number of hydrogen-bond donors (Lipinski definition) is 9. The molecule has 18 atom stereocenters. The Morgan fingerprint density at radius 2 is 1.65 bits per heavy atom. The van der Waals surface area contributed by atoms with Gasteiger partial charge < -0.3 is 60.6 Å². The summed E-state index contributed by atoms with van der Waals surface area (Å²) in [5.41, 5.74) is -1.89. The third-order valence-corrected chi connectivity index (χ3v) is 29.2. The van der Waals surface area contributed by atoms with Crippen LogP contribution < -0.4 is 15.4 Å². The Labute approximate surface area is 499 Å². The zero-order valence-corrected chi connectivity index (χ0v) is 49.6. The van der Waals surface area contributed by atoms with Crippen molar-refractivity contribution in [1.82, 2.24) is 10.6 Å². The first-order chi connectivity index (χ1) is 40.6. The van der Waals surface area contributed by atoms with E-state index in [-0.39, 0.29) is 89.6 Å². The third kappa shape index (κ3) is 7.01. The van der Waals surface area contributed by atoms with Crippen LogP contribution in [0.5, 0.6) is 5.75 Å². The van der Waals surface area contributed by atoms with Crippen LogP contribution in [0.3, 0.4) is 0 Å². The Kier molecular flexibility index (Phi) is 12.5. The number of fused-ring (bicyclic) bond motifs is 1. The van der Waals surface area contributed by atoms with Crippen molar-refractivity contribution in [3.05, 3.63) is 111 Å². The molecule has 16 heteroatoms. The van der Waals surface area contributed by atoms with Gasteiger partial charge in [0.05, 0.1) is 36.4 Å². The molecule has 2 aromatic carbocycles. The van der Waals surface area contributed by atoms with Crippen molar-refractivity contribution in [2.45, 2.75) is 176 Å². The van der Waals surface area contributed by atoms with Crippen molar-refractivity contribution in [3.63, 3.8) is 0 Å². The van der Waals surface area contributed by atoms with Crippen LogP contribution in [0.25, 0.3) is 0 Å². The highest BCUT2D eigenvalue weighted by atomic mass is 33.1. The van der Waals surface area contributed by atoms with Gasteiger partial charge in [-0.05, 0) is 201 Å². The van der Waals surface area contributed by atoms with Crippen molar-refractivity contribution < 1.29 is 59.6 Å². The molecule has 9 N–H and O–H groups in total. The minimum Gasteiger partial charge on any atom is -0.511 e.